The molecule has 0 unspecified atom stereocenters. The first-order valence-corrected chi connectivity index (χ1v) is 4.81. The van der Waals surface area contributed by atoms with E-state index >= 15 is 0 Å². The van der Waals surface area contributed by atoms with Gasteiger partial charge in [0, 0.05) is 31.4 Å². The van der Waals surface area contributed by atoms with E-state index in [-0.39, 0.29) is 11.7 Å². The lowest BCUT2D eigenvalue weighted by molar-refractivity contribution is 0.544. The van der Waals surface area contributed by atoms with Crippen LogP contribution < -0.4 is 5.69 Å². The van der Waals surface area contributed by atoms with Gasteiger partial charge in [0.2, 0.25) is 0 Å². The summed E-state index contributed by atoms with van der Waals surface area (Å²) in [5.41, 5.74) is 0.0120. The summed E-state index contributed by atoms with van der Waals surface area (Å²) in [7, 11) is 0. The Bertz CT molecular complexity index is 381. The first-order valence-electron chi connectivity index (χ1n) is 4.81. The van der Waals surface area contributed by atoms with E-state index in [1.165, 1.54) is 0 Å². The van der Waals surface area contributed by atoms with Crippen molar-refractivity contribution in [3.05, 3.63) is 22.9 Å². The average Bonchev–Trinajstić information content (AvgIpc) is 2.48. The molecule has 1 heterocycles. The molecule has 4 nitrogen and oxygen atoms in total. The Morgan fingerprint density at radius 2 is 2.21 bits per heavy atom. The molecule has 0 spiro atoms. The third kappa shape index (κ3) is 2.25. The van der Waals surface area contributed by atoms with E-state index in [1.54, 1.807) is 21.5 Å². The van der Waals surface area contributed by atoms with E-state index in [9.17, 15) is 4.79 Å². The van der Waals surface area contributed by atoms with Gasteiger partial charge < -0.3 is 0 Å². The van der Waals surface area contributed by atoms with Gasteiger partial charge in [0.1, 0.15) is 0 Å². The summed E-state index contributed by atoms with van der Waals surface area (Å²) in [6.45, 7) is 4.58. The summed E-state index contributed by atoms with van der Waals surface area (Å²) in [5, 5.41) is 8.36. The highest BCUT2D eigenvalue weighted by molar-refractivity contribution is 4.84. The maximum atomic E-state index is 11.6. The molecule has 0 saturated heterocycles. The van der Waals surface area contributed by atoms with Crippen LogP contribution in [0.25, 0.3) is 0 Å². The SMILES string of the molecule is CC(C)n1ccn(CCCC#N)c1=O. The second-order valence-electron chi connectivity index (χ2n) is 3.54. The number of hydrogen-bond acceptors (Lipinski definition) is 2. The normalized spacial score (nSPS) is 10.4. The van der Waals surface area contributed by atoms with Gasteiger partial charge in [-0.2, -0.15) is 5.26 Å². The van der Waals surface area contributed by atoms with Crippen LogP contribution in [0.5, 0.6) is 0 Å². The predicted molar refractivity (Wildman–Crippen MR) is 53.9 cm³/mol. The van der Waals surface area contributed by atoms with Crippen molar-refractivity contribution >= 4 is 0 Å². The minimum absolute atomic E-state index is 0.0120. The van der Waals surface area contributed by atoms with Crippen LogP contribution in [0.4, 0.5) is 0 Å². The summed E-state index contributed by atoms with van der Waals surface area (Å²) in [6.07, 6.45) is 4.80. The van der Waals surface area contributed by atoms with E-state index in [4.69, 9.17) is 5.26 Å². The van der Waals surface area contributed by atoms with Gasteiger partial charge in [0.25, 0.3) is 0 Å². The van der Waals surface area contributed by atoms with Crippen molar-refractivity contribution in [3.8, 4) is 6.07 Å². The van der Waals surface area contributed by atoms with Crippen molar-refractivity contribution in [2.75, 3.05) is 0 Å². The molecule has 76 valence electrons. The standard InChI is InChI=1S/C10H15N3O/c1-9(2)13-8-7-12(10(13)14)6-4-3-5-11/h7-9H,3-4,6H2,1-2H3. The fourth-order valence-electron chi connectivity index (χ4n) is 1.32. The smallest absolute Gasteiger partial charge is 0.299 e. The maximum Gasteiger partial charge on any atom is 0.328 e. The monoisotopic (exact) mass is 193 g/mol. The van der Waals surface area contributed by atoms with Crippen LogP contribution in [-0.4, -0.2) is 9.13 Å². The van der Waals surface area contributed by atoms with Crippen LogP contribution in [0.1, 0.15) is 32.7 Å². The zero-order valence-corrected chi connectivity index (χ0v) is 8.60. The number of nitrogens with zero attached hydrogens (tertiary/aromatic N) is 3. The molecule has 14 heavy (non-hydrogen) atoms. The Kier molecular flexibility index (Phi) is 3.52. The zero-order chi connectivity index (χ0) is 10.6. The highest BCUT2D eigenvalue weighted by Gasteiger charge is 2.04. The Balaban J connectivity index is 2.71. The van der Waals surface area contributed by atoms with E-state index < -0.39 is 0 Å². The molecule has 0 aliphatic rings. The topological polar surface area (TPSA) is 50.7 Å². The summed E-state index contributed by atoms with van der Waals surface area (Å²) >= 11 is 0. The summed E-state index contributed by atoms with van der Waals surface area (Å²) < 4.78 is 3.34. The van der Waals surface area contributed by atoms with E-state index in [1.807, 2.05) is 13.8 Å². The molecule has 0 saturated carbocycles. The second-order valence-corrected chi connectivity index (χ2v) is 3.54. The largest absolute Gasteiger partial charge is 0.328 e. The molecular weight excluding hydrogens is 178 g/mol. The van der Waals surface area contributed by atoms with Gasteiger partial charge in [-0.15, -0.1) is 0 Å². The first-order chi connectivity index (χ1) is 6.66. The number of aryl methyl sites for hydroxylation is 1. The molecule has 1 aromatic rings. The molecule has 4 heteroatoms. The molecule has 0 aliphatic heterocycles. The molecule has 0 atom stereocenters. The molecule has 0 aliphatic carbocycles. The van der Waals surface area contributed by atoms with Crippen molar-refractivity contribution in [1.82, 2.24) is 9.13 Å². The molecule has 0 radical (unpaired) electrons. The quantitative estimate of drug-likeness (QED) is 0.681. The molecule has 0 N–H and O–H groups in total. The molecule has 0 aromatic carbocycles. The van der Waals surface area contributed by atoms with Crippen molar-refractivity contribution in [2.45, 2.75) is 39.3 Å². The fourth-order valence-corrected chi connectivity index (χ4v) is 1.32. The van der Waals surface area contributed by atoms with Crippen molar-refractivity contribution in [3.63, 3.8) is 0 Å². The summed E-state index contributed by atoms with van der Waals surface area (Å²) in [6, 6.07) is 2.26. The molecule has 0 amide bonds. The third-order valence-corrected chi connectivity index (χ3v) is 2.12. The van der Waals surface area contributed by atoms with Gasteiger partial charge in [0.15, 0.2) is 0 Å². The van der Waals surface area contributed by atoms with Gasteiger partial charge >= 0.3 is 5.69 Å². The van der Waals surface area contributed by atoms with Crippen LogP contribution in [0.3, 0.4) is 0 Å². The van der Waals surface area contributed by atoms with Gasteiger partial charge in [-0.3, -0.25) is 9.13 Å². The zero-order valence-electron chi connectivity index (χ0n) is 8.60. The van der Waals surface area contributed by atoms with Gasteiger partial charge in [0.05, 0.1) is 6.07 Å². The van der Waals surface area contributed by atoms with Crippen LogP contribution in [0, 0.1) is 11.3 Å². The minimum Gasteiger partial charge on any atom is -0.299 e. The predicted octanol–water partition coefficient (Wildman–Crippen LogP) is 1.53. The Labute approximate surface area is 83.4 Å². The van der Waals surface area contributed by atoms with Gasteiger partial charge in [-0.25, -0.2) is 4.79 Å². The number of hydrogen-bond donors (Lipinski definition) is 0. The number of unbranched alkanes of at least 4 members (excludes halogenated alkanes) is 1. The van der Waals surface area contributed by atoms with Crippen molar-refractivity contribution < 1.29 is 0 Å². The molecule has 0 fully saturated rings. The first kappa shape index (κ1) is 10.6. The minimum atomic E-state index is 0.0120. The van der Waals surface area contributed by atoms with E-state index in [0.29, 0.717) is 13.0 Å². The van der Waals surface area contributed by atoms with Crippen LogP contribution in [0.15, 0.2) is 17.2 Å². The molecule has 1 aromatic heterocycles. The maximum absolute atomic E-state index is 11.6. The second kappa shape index (κ2) is 4.66. The Morgan fingerprint density at radius 3 is 2.71 bits per heavy atom. The molecule has 0 bridgehead atoms. The number of aromatic nitrogens is 2. The van der Waals surface area contributed by atoms with Gasteiger partial charge in [-0.1, -0.05) is 0 Å². The van der Waals surface area contributed by atoms with E-state index in [2.05, 4.69) is 6.07 Å². The Morgan fingerprint density at radius 1 is 1.50 bits per heavy atom. The summed E-state index contributed by atoms with van der Waals surface area (Å²) in [5.74, 6) is 0. The highest BCUT2D eigenvalue weighted by atomic mass is 16.1. The fraction of sp³-hybridized carbons (Fsp3) is 0.600. The molecule has 1 rings (SSSR count). The van der Waals surface area contributed by atoms with Crippen molar-refractivity contribution in [2.24, 2.45) is 0 Å². The Hall–Kier alpha value is -1.50. The highest BCUT2D eigenvalue weighted by Crippen LogP contribution is 2.00. The third-order valence-electron chi connectivity index (χ3n) is 2.12. The lowest BCUT2D eigenvalue weighted by atomic mass is 10.3. The lowest BCUT2D eigenvalue weighted by Gasteiger charge is -2.04. The van der Waals surface area contributed by atoms with Crippen LogP contribution in [0.2, 0.25) is 0 Å². The summed E-state index contributed by atoms with van der Waals surface area (Å²) in [4.78, 5) is 11.6. The van der Waals surface area contributed by atoms with Crippen molar-refractivity contribution in [1.29, 1.82) is 5.26 Å². The molecular formula is C10H15N3O. The lowest BCUT2D eigenvalue weighted by Crippen LogP contribution is -2.25. The number of imidazole rings is 1. The number of nitriles is 1. The van der Waals surface area contributed by atoms with Crippen LogP contribution >= 0.6 is 0 Å². The van der Waals surface area contributed by atoms with E-state index in [0.717, 1.165) is 6.42 Å². The van der Waals surface area contributed by atoms with Gasteiger partial charge in [-0.05, 0) is 20.3 Å². The number of rotatable bonds is 4. The average molecular weight is 193 g/mol. The van der Waals surface area contributed by atoms with Crippen LogP contribution in [-0.2, 0) is 6.54 Å².